The smallest absolute Gasteiger partial charge is 0.242 e. The van der Waals surface area contributed by atoms with E-state index in [-0.39, 0.29) is 29.0 Å². The first-order valence-corrected chi connectivity index (χ1v) is 13.5. The number of methoxy groups -OCH3 is 3. The van der Waals surface area contributed by atoms with E-state index in [0.717, 1.165) is 16.7 Å². The van der Waals surface area contributed by atoms with Crippen molar-refractivity contribution in [3.63, 3.8) is 0 Å². The van der Waals surface area contributed by atoms with Crippen molar-refractivity contribution in [2.24, 2.45) is 0 Å². The minimum absolute atomic E-state index is 0.140. The SMILES string of the molecule is COc1cc2c(c(OC)c1OC)-c1ccc(N[C@@H](C)C(=O)NCCCOC(C)C)c(=O)cc1[C@@H](NC(C)=O)CC2. The Morgan fingerprint density at radius 2 is 1.75 bits per heavy atom. The lowest BCUT2D eigenvalue weighted by Gasteiger charge is -2.19. The number of hydrogen-bond donors (Lipinski definition) is 3. The zero-order valence-electron chi connectivity index (χ0n) is 24.4. The van der Waals surface area contributed by atoms with E-state index in [9.17, 15) is 14.4 Å². The number of ether oxygens (including phenoxy) is 4. The molecule has 10 nitrogen and oxygen atoms in total. The molecule has 40 heavy (non-hydrogen) atoms. The van der Waals surface area contributed by atoms with Gasteiger partial charge in [0.05, 0.1) is 39.2 Å². The molecule has 0 saturated heterocycles. The van der Waals surface area contributed by atoms with Gasteiger partial charge in [-0.05, 0) is 74.9 Å². The van der Waals surface area contributed by atoms with Gasteiger partial charge >= 0.3 is 0 Å². The lowest BCUT2D eigenvalue weighted by atomic mass is 9.95. The third-order valence-corrected chi connectivity index (χ3v) is 6.75. The van der Waals surface area contributed by atoms with Gasteiger partial charge in [-0.1, -0.05) is 6.07 Å². The van der Waals surface area contributed by atoms with Crippen LogP contribution < -0.4 is 35.6 Å². The molecule has 1 aliphatic carbocycles. The summed E-state index contributed by atoms with van der Waals surface area (Å²) in [5.74, 6) is 1.01. The molecule has 0 aliphatic heterocycles. The van der Waals surface area contributed by atoms with Crippen LogP contribution in [0.15, 0.2) is 29.1 Å². The molecule has 0 unspecified atom stereocenters. The lowest BCUT2D eigenvalue weighted by molar-refractivity contribution is -0.121. The van der Waals surface area contributed by atoms with Gasteiger partial charge in [-0.3, -0.25) is 14.4 Å². The predicted octanol–water partition coefficient (Wildman–Crippen LogP) is 3.59. The maximum absolute atomic E-state index is 13.4. The number of anilines is 1. The van der Waals surface area contributed by atoms with Crippen LogP contribution in [0.4, 0.5) is 5.69 Å². The van der Waals surface area contributed by atoms with E-state index in [0.29, 0.717) is 55.2 Å². The molecule has 2 aromatic rings. The quantitative estimate of drug-likeness (QED) is 0.340. The molecule has 0 bridgehead atoms. The molecule has 10 heteroatoms. The topological polar surface area (TPSA) is 124 Å². The number of nitrogens with one attached hydrogen (secondary N) is 3. The molecular formula is C30H41N3O7. The van der Waals surface area contributed by atoms with Crippen LogP contribution in [0.1, 0.15) is 57.7 Å². The molecule has 3 N–H and O–H groups in total. The zero-order valence-corrected chi connectivity index (χ0v) is 24.4. The van der Waals surface area contributed by atoms with E-state index in [1.54, 1.807) is 27.2 Å². The maximum atomic E-state index is 13.4. The number of carbonyl (C=O) groups is 2. The first-order valence-electron chi connectivity index (χ1n) is 13.5. The lowest BCUT2D eigenvalue weighted by Crippen LogP contribution is -2.39. The Hall–Kier alpha value is -3.79. The Morgan fingerprint density at radius 1 is 1.02 bits per heavy atom. The van der Waals surface area contributed by atoms with Gasteiger partial charge in [0.25, 0.3) is 0 Å². The monoisotopic (exact) mass is 555 g/mol. The van der Waals surface area contributed by atoms with E-state index >= 15 is 0 Å². The summed E-state index contributed by atoms with van der Waals surface area (Å²) in [6, 6.07) is 5.84. The second-order valence-electron chi connectivity index (χ2n) is 10.0. The molecule has 0 radical (unpaired) electrons. The minimum atomic E-state index is -0.654. The van der Waals surface area contributed by atoms with Crippen molar-refractivity contribution in [1.82, 2.24) is 10.6 Å². The van der Waals surface area contributed by atoms with Crippen molar-refractivity contribution in [3.8, 4) is 28.4 Å². The van der Waals surface area contributed by atoms with Crippen molar-refractivity contribution in [2.45, 2.75) is 65.1 Å². The van der Waals surface area contributed by atoms with Crippen molar-refractivity contribution in [3.05, 3.63) is 45.6 Å². The van der Waals surface area contributed by atoms with Gasteiger partial charge in [0.1, 0.15) is 6.04 Å². The van der Waals surface area contributed by atoms with Crippen molar-refractivity contribution < 1.29 is 28.5 Å². The fourth-order valence-electron chi connectivity index (χ4n) is 4.88. The van der Waals surface area contributed by atoms with Crippen LogP contribution in [0.3, 0.4) is 0 Å². The molecule has 0 saturated carbocycles. The molecular weight excluding hydrogens is 514 g/mol. The van der Waals surface area contributed by atoms with E-state index < -0.39 is 12.1 Å². The fraction of sp³-hybridized carbons (Fsp3) is 0.500. The van der Waals surface area contributed by atoms with E-state index in [2.05, 4.69) is 16.0 Å². The maximum Gasteiger partial charge on any atom is 0.242 e. The van der Waals surface area contributed by atoms with Crippen LogP contribution in [0.5, 0.6) is 17.2 Å². The molecule has 3 rings (SSSR count). The third kappa shape index (κ3) is 7.24. The highest BCUT2D eigenvalue weighted by Crippen LogP contribution is 2.50. The van der Waals surface area contributed by atoms with Crippen molar-refractivity contribution >= 4 is 17.5 Å². The molecule has 0 fully saturated rings. The van der Waals surface area contributed by atoms with Crippen LogP contribution in [0, 0.1) is 0 Å². The normalized spacial score (nSPS) is 14.8. The number of aryl methyl sites for hydroxylation is 1. The summed E-state index contributed by atoms with van der Waals surface area (Å²) in [4.78, 5) is 38.3. The minimum Gasteiger partial charge on any atom is -0.493 e. The summed E-state index contributed by atoms with van der Waals surface area (Å²) in [5, 5.41) is 8.92. The predicted molar refractivity (Wildman–Crippen MR) is 154 cm³/mol. The first-order chi connectivity index (χ1) is 19.1. The Bertz CT molecular complexity index is 1280. The highest BCUT2D eigenvalue weighted by atomic mass is 16.5. The summed E-state index contributed by atoms with van der Waals surface area (Å²) in [7, 11) is 4.65. The molecule has 218 valence electrons. The van der Waals surface area contributed by atoms with E-state index in [1.807, 2.05) is 26.0 Å². The number of amides is 2. The summed E-state index contributed by atoms with van der Waals surface area (Å²) in [6.07, 6.45) is 2.00. The molecule has 1 aliphatic rings. The number of benzene rings is 1. The Labute approximate surface area is 235 Å². The Balaban J connectivity index is 2.02. The number of hydrogen-bond acceptors (Lipinski definition) is 8. The first kappa shape index (κ1) is 30.7. The Kier molecular flexibility index (Phi) is 10.8. The highest BCUT2D eigenvalue weighted by Gasteiger charge is 2.29. The largest absolute Gasteiger partial charge is 0.493 e. The van der Waals surface area contributed by atoms with Gasteiger partial charge in [-0.15, -0.1) is 0 Å². The van der Waals surface area contributed by atoms with Crippen molar-refractivity contribution in [2.75, 3.05) is 39.8 Å². The Morgan fingerprint density at radius 3 is 2.38 bits per heavy atom. The zero-order chi connectivity index (χ0) is 29.4. The highest BCUT2D eigenvalue weighted by molar-refractivity contribution is 5.85. The van der Waals surface area contributed by atoms with E-state index in [4.69, 9.17) is 18.9 Å². The third-order valence-electron chi connectivity index (χ3n) is 6.75. The van der Waals surface area contributed by atoms with Crippen molar-refractivity contribution in [1.29, 1.82) is 0 Å². The van der Waals surface area contributed by atoms with Crippen LogP contribution >= 0.6 is 0 Å². The summed E-state index contributed by atoms with van der Waals surface area (Å²) in [5.41, 5.74) is 3.03. The summed E-state index contributed by atoms with van der Waals surface area (Å²) < 4.78 is 22.5. The van der Waals surface area contributed by atoms with Crippen LogP contribution in [0.25, 0.3) is 11.1 Å². The van der Waals surface area contributed by atoms with Gasteiger partial charge in [0.2, 0.25) is 23.0 Å². The van der Waals surface area contributed by atoms with E-state index in [1.165, 1.54) is 20.1 Å². The summed E-state index contributed by atoms with van der Waals surface area (Å²) in [6.45, 7) is 8.11. The fourth-order valence-corrected chi connectivity index (χ4v) is 4.88. The second-order valence-corrected chi connectivity index (χ2v) is 10.0. The molecule has 2 atom stereocenters. The van der Waals surface area contributed by atoms with Crippen LogP contribution in [0.2, 0.25) is 0 Å². The average Bonchev–Trinajstić information content (AvgIpc) is 3.15. The van der Waals surface area contributed by atoms with Gasteiger partial charge in [-0.2, -0.15) is 0 Å². The molecule has 2 amide bonds. The molecule has 0 heterocycles. The molecule has 2 aromatic carbocycles. The molecule has 0 aromatic heterocycles. The number of carbonyl (C=O) groups excluding carboxylic acids is 2. The van der Waals surface area contributed by atoms with Gasteiger partial charge in [0, 0.05) is 25.6 Å². The standard InChI is InChI=1S/C30H41N3O7/c1-17(2)40-14-8-13-31-30(36)18(3)32-24-12-10-21-22(16-25(24)35)23(33-19(4)34)11-9-20-15-26(37-5)28(38-6)29(39-7)27(20)21/h10,12,15-18,23H,8-9,11,13-14H2,1-7H3,(H,31,36)(H,32,35)(H,33,34)/t18-,23-/m0/s1. The van der Waals surface area contributed by atoms with Gasteiger partial charge < -0.3 is 34.9 Å². The van der Waals surface area contributed by atoms with Gasteiger partial charge in [0.15, 0.2) is 11.5 Å². The number of fused-ring (bicyclic) bond motifs is 3. The van der Waals surface area contributed by atoms with Crippen LogP contribution in [-0.2, 0) is 20.7 Å². The molecule has 0 spiro atoms. The number of rotatable bonds is 12. The van der Waals surface area contributed by atoms with Gasteiger partial charge in [-0.25, -0.2) is 0 Å². The summed E-state index contributed by atoms with van der Waals surface area (Å²) >= 11 is 0. The van der Waals surface area contributed by atoms with Crippen LogP contribution in [-0.4, -0.2) is 58.4 Å². The second kappa shape index (κ2) is 14.0. The average molecular weight is 556 g/mol.